The topological polar surface area (TPSA) is 109 Å². The van der Waals surface area contributed by atoms with E-state index in [2.05, 4.69) is 31.4 Å². The summed E-state index contributed by atoms with van der Waals surface area (Å²) in [7, 11) is 0. The van der Waals surface area contributed by atoms with Gasteiger partial charge in [0.05, 0.1) is 5.75 Å². The Hall–Kier alpha value is -1.83. The lowest BCUT2D eigenvalue weighted by Gasteiger charge is -2.05. The van der Waals surface area contributed by atoms with E-state index in [0.717, 1.165) is 18.1 Å². The van der Waals surface area contributed by atoms with Gasteiger partial charge < -0.3 is 16.0 Å². The average molecular weight is 265 g/mol. The Morgan fingerprint density at radius 3 is 2.61 bits per heavy atom. The zero-order valence-electron chi connectivity index (χ0n) is 10.1. The van der Waals surface area contributed by atoms with Crippen molar-refractivity contribution in [1.29, 1.82) is 0 Å². The van der Waals surface area contributed by atoms with Crippen molar-refractivity contribution in [3.8, 4) is 0 Å². The summed E-state index contributed by atoms with van der Waals surface area (Å²) in [5, 5.41) is 0.939. The summed E-state index contributed by atoms with van der Waals surface area (Å²) in [6.45, 7) is 3.08. The van der Waals surface area contributed by atoms with Gasteiger partial charge in [0.2, 0.25) is 11.9 Å². The van der Waals surface area contributed by atoms with Crippen molar-refractivity contribution in [2.45, 2.75) is 30.8 Å². The number of hydrogen-bond donors (Lipinski definition) is 2. The molecule has 96 valence electrons. The fourth-order valence-electron chi connectivity index (χ4n) is 1.50. The first kappa shape index (κ1) is 12.6. The van der Waals surface area contributed by atoms with E-state index in [-0.39, 0.29) is 11.9 Å². The van der Waals surface area contributed by atoms with Gasteiger partial charge in [-0.3, -0.25) is 0 Å². The van der Waals surface area contributed by atoms with Gasteiger partial charge in [-0.05, 0) is 6.42 Å². The quantitative estimate of drug-likeness (QED) is 0.774. The molecule has 2 heterocycles. The lowest BCUT2D eigenvalue weighted by atomic mass is 10.5. The minimum atomic E-state index is 0.148. The van der Waals surface area contributed by atoms with Gasteiger partial charge in [0.25, 0.3) is 0 Å². The van der Waals surface area contributed by atoms with Gasteiger partial charge in [0.1, 0.15) is 5.82 Å². The second kappa shape index (κ2) is 5.67. The summed E-state index contributed by atoms with van der Waals surface area (Å²) in [6, 6.07) is 0. The molecule has 0 saturated heterocycles. The van der Waals surface area contributed by atoms with Crippen LogP contribution < -0.4 is 11.5 Å². The molecule has 8 heteroatoms. The molecule has 7 nitrogen and oxygen atoms in total. The predicted molar refractivity (Wildman–Crippen MR) is 70.7 cm³/mol. The standard InChI is InChI=1S/C10H15N7S/c1-2-4-17-5-3-13-10(17)18-6-7-14-8(11)16-9(12)15-7/h3,5H,2,4,6H2,1H3,(H4,11,12,14,15,16). The SMILES string of the molecule is CCCn1ccnc1SCc1nc(N)nc(N)n1. The monoisotopic (exact) mass is 265 g/mol. The number of hydrogen-bond acceptors (Lipinski definition) is 7. The second-order valence-corrected chi connectivity index (χ2v) is 4.60. The number of aromatic nitrogens is 5. The van der Waals surface area contributed by atoms with Crippen molar-refractivity contribution in [3.05, 3.63) is 18.2 Å². The van der Waals surface area contributed by atoms with Crippen molar-refractivity contribution in [1.82, 2.24) is 24.5 Å². The molecular weight excluding hydrogens is 250 g/mol. The van der Waals surface area contributed by atoms with Gasteiger partial charge in [-0.1, -0.05) is 18.7 Å². The Balaban J connectivity index is 2.04. The first-order valence-corrected chi connectivity index (χ1v) is 6.57. The molecule has 2 aromatic heterocycles. The van der Waals surface area contributed by atoms with Crippen LogP contribution in [-0.4, -0.2) is 24.5 Å². The molecule has 0 radical (unpaired) electrons. The number of nitrogen functional groups attached to an aromatic ring is 2. The van der Waals surface area contributed by atoms with Gasteiger partial charge >= 0.3 is 0 Å². The number of anilines is 2. The van der Waals surface area contributed by atoms with Gasteiger partial charge in [-0.2, -0.15) is 15.0 Å². The average Bonchev–Trinajstić information content (AvgIpc) is 2.73. The lowest BCUT2D eigenvalue weighted by molar-refractivity contribution is 0.620. The lowest BCUT2D eigenvalue weighted by Crippen LogP contribution is -2.06. The van der Waals surface area contributed by atoms with E-state index < -0.39 is 0 Å². The van der Waals surface area contributed by atoms with Crippen LogP contribution in [0.2, 0.25) is 0 Å². The molecule has 0 aromatic carbocycles. The molecule has 0 bridgehead atoms. The molecule has 0 aliphatic heterocycles. The number of thioether (sulfide) groups is 1. The van der Waals surface area contributed by atoms with Crippen LogP contribution in [0.1, 0.15) is 19.2 Å². The molecule has 0 aliphatic carbocycles. The van der Waals surface area contributed by atoms with Crippen molar-refractivity contribution >= 4 is 23.7 Å². The van der Waals surface area contributed by atoms with Crippen molar-refractivity contribution in [3.63, 3.8) is 0 Å². The van der Waals surface area contributed by atoms with Gasteiger partial charge in [0, 0.05) is 18.9 Å². The summed E-state index contributed by atoms with van der Waals surface area (Å²) in [6.07, 6.45) is 4.81. The Labute approximate surface area is 109 Å². The number of rotatable bonds is 5. The molecule has 0 saturated carbocycles. The summed E-state index contributed by atoms with van der Waals surface area (Å²) in [5.74, 6) is 1.43. The van der Waals surface area contributed by atoms with Crippen LogP contribution in [-0.2, 0) is 12.3 Å². The highest BCUT2D eigenvalue weighted by Gasteiger charge is 2.06. The Kier molecular flexibility index (Phi) is 3.98. The number of aryl methyl sites for hydroxylation is 1. The summed E-state index contributed by atoms with van der Waals surface area (Å²) < 4.78 is 2.10. The third-order valence-corrected chi connectivity index (χ3v) is 3.19. The molecule has 2 aromatic rings. The van der Waals surface area contributed by atoms with E-state index in [1.807, 2.05) is 6.20 Å². The van der Waals surface area contributed by atoms with E-state index in [9.17, 15) is 0 Å². The van der Waals surface area contributed by atoms with E-state index in [1.54, 1.807) is 18.0 Å². The molecule has 2 rings (SSSR count). The van der Waals surface area contributed by atoms with Crippen molar-refractivity contribution in [2.24, 2.45) is 0 Å². The molecule has 0 spiro atoms. The number of nitrogens with zero attached hydrogens (tertiary/aromatic N) is 5. The van der Waals surface area contributed by atoms with Crippen LogP contribution in [0, 0.1) is 0 Å². The minimum absolute atomic E-state index is 0.148. The Bertz CT molecular complexity index is 504. The van der Waals surface area contributed by atoms with E-state index in [4.69, 9.17) is 11.5 Å². The van der Waals surface area contributed by atoms with Gasteiger partial charge in [0.15, 0.2) is 5.16 Å². The smallest absolute Gasteiger partial charge is 0.225 e. The zero-order chi connectivity index (χ0) is 13.0. The van der Waals surface area contributed by atoms with Crippen LogP contribution in [0.25, 0.3) is 0 Å². The van der Waals surface area contributed by atoms with Crippen LogP contribution in [0.3, 0.4) is 0 Å². The largest absolute Gasteiger partial charge is 0.368 e. The normalized spacial score (nSPS) is 10.7. The fourth-order valence-corrected chi connectivity index (χ4v) is 2.34. The Morgan fingerprint density at radius 2 is 1.94 bits per heavy atom. The predicted octanol–water partition coefficient (Wildman–Crippen LogP) is 0.935. The van der Waals surface area contributed by atoms with Crippen LogP contribution in [0.5, 0.6) is 0 Å². The van der Waals surface area contributed by atoms with E-state index in [0.29, 0.717) is 11.6 Å². The highest BCUT2D eigenvalue weighted by Crippen LogP contribution is 2.20. The molecule has 0 aliphatic rings. The summed E-state index contributed by atoms with van der Waals surface area (Å²) in [4.78, 5) is 16.1. The van der Waals surface area contributed by atoms with Crippen molar-refractivity contribution < 1.29 is 0 Å². The van der Waals surface area contributed by atoms with E-state index >= 15 is 0 Å². The van der Waals surface area contributed by atoms with Crippen LogP contribution >= 0.6 is 11.8 Å². The Morgan fingerprint density at radius 1 is 1.22 bits per heavy atom. The summed E-state index contributed by atoms with van der Waals surface area (Å²) in [5.41, 5.74) is 11.0. The fraction of sp³-hybridized carbons (Fsp3) is 0.400. The highest BCUT2D eigenvalue weighted by molar-refractivity contribution is 7.98. The molecule has 0 unspecified atom stereocenters. The highest BCUT2D eigenvalue weighted by atomic mass is 32.2. The van der Waals surface area contributed by atoms with Gasteiger partial charge in [-0.15, -0.1) is 0 Å². The molecule has 4 N–H and O–H groups in total. The first-order chi connectivity index (χ1) is 8.69. The first-order valence-electron chi connectivity index (χ1n) is 5.59. The molecule has 0 fully saturated rings. The molecule has 0 atom stereocenters. The minimum Gasteiger partial charge on any atom is -0.368 e. The van der Waals surface area contributed by atoms with Gasteiger partial charge in [-0.25, -0.2) is 4.98 Å². The zero-order valence-corrected chi connectivity index (χ0v) is 10.9. The maximum atomic E-state index is 5.51. The summed E-state index contributed by atoms with van der Waals surface area (Å²) >= 11 is 1.55. The molecule has 18 heavy (non-hydrogen) atoms. The third-order valence-electron chi connectivity index (χ3n) is 2.19. The molecule has 0 amide bonds. The van der Waals surface area contributed by atoms with E-state index in [1.165, 1.54) is 0 Å². The van der Waals surface area contributed by atoms with Crippen LogP contribution in [0.4, 0.5) is 11.9 Å². The second-order valence-electron chi connectivity index (χ2n) is 3.66. The van der Waals surface area contributed by atoms with Crippen LogP contribution in [0.15, 0.2) is 17.6 Å². The van der Waals surface area contributed by atoms with Crippen molar-refractivity contribution in [2.75, 3.05) is 11.5 Å². The number of imidazole rings is 1. The molecular formula is C10H15N7S. The third kappa shape index (κ3) is 3.10. The number of nitrogens with two attached hydrogens (primary N) is 2. The maximum absolute atomic E-state index is 5.51. The maximum Gasteiger partial charge on any atom is 0.225 e.